The first-order chi connectivity index (χ1) is 11.7. The van der Waals surface area contributed by atoms with Crippen LogP contribution in [0.3, 0.4) is 0 Å². The molecule has 0 unspecified atom stereocenters. The molecule has 2 fully saturated rings. The summed E-state index contributed by atoms with van der Waals surface area (Å²) in [6.07, 6.45) is 2.78. The Labute approximate surface area is 144 Å². The van der Waals surface area contributed by atoms with Gasteiger partial charge in [0.1, 0.15) is 5.75 Å². The smallest absolute Gasteiger partial charge is 0.236 e. The van der Waals surface area contributed by atoms with Crippen molar-refractivity contribution in [1.82, 2.24) is 14.9 Å². The fourth-order valence-electron chi connectivity index (χ4n) is 3.43. The maximum Gasteiger partial charge on any atom is 0.236 e. The van der Waals surface area contributed by atoms with E-state index in [0.717, 1.165) is 61.0 Å². The number of hydrogen-bond donors (Lipinski definition) is 1. The van der Waals surface area contributed by atoms with E-state index in [0.29, 0.717) is 6.04 Å². The minimum Gasteiger partial charge on any atom is -0.497 e. The van der Waals surface area contributed by atoms with Gasteiger partial charge in [-0.3, -0.25) is 4.79 Å². The summed E-state index contributed by atoms with van der Waals surface area (Å²) in [6.45, 7) is 2.37. The zero-order valence-electron chi connectivity index (χ0n) is 13.7. The molecule has 1 aromatic carbocycles. The molecule has 0 radical (unpaired) electrons. The van der Waals surface area contributed by atoms with E-state index in [9.17, 15) is 4.79 Å². The molecule has 1 N–H and O–H groups in total. The molecule has 1 atom stereocenters. The average molecular weight is 347 g/mol. The van der Waals surface area contributed by atoms with Gasteiger partial charge in [0.05, 0.1) is 23.4 Å². The number of ether oxygens (including phenoxy) is 2. The Morgan fingerprint density at radius 3 is 2.96 bits per heavy atom. The van der Waals surface area contributed by atoms with Gasteiger partial charge in [0.2, 0.25) is 5.91 Å². The number of likely N-dealkylation sites (tertiary alicyclic amines) is 1. The Kier molecular flexibility index (Phi) is 4.37. The lowest BCUT2D eigenvalue weighted by molar-refractivity contribution is -0.130. The summed E-state index contributed by atoms with van der Waals surface area (Å²) in [5.41, 5.74) is 1.83. The topological polar surface area (TPSA) is 67.5 Å². The maximum atomic E-state index is 12.7. The molecule has 2 aliphatic rings. The van der Waals surface area contributed by atoms with Crippen LogP contribution in [0, 0.1) is 0 Å². The Morgan fingerprint density at radius 1 is 1.33 bits per heavy atom. The van der Waals surface area contributed by atoms with Crippen molar-refractivity contribution in [3.8, 4) is 5.75 Å². The second-order valence-corrected chi connectivity index (χ2v) is 7.39. The van der Waals surface area contributed by atoms with Crippen molar-refractivity contribution < 1.29 is 14.3 Å². The second kappa shape index (κ2) is 6.64. The number of amides is 1. The van der Waals surface area contributed by atoms with Crippen molar-refractivity contribution >= 4 is 28.7 Å². The van der Waals surface area contributed by atoms with Crippen LogP contribution in [-0.4, -0.2) is 58.9 Å². The zero-order valence-corrected chi connectivity index (χ0v) is 14.5. The van der Waals surface area contributed by atoms with Gasteiger partial charge in [0.15, 0.2) is 5.16 Å². The van der Waals surface area contributed by atoms with Gasteiger partial charge in [-0.25, -0.2) is 4.98 Å². The predicted octanol–water partition coefficient (Wildman–Crippen LogP) is 2.44. The van der Waals surface area contributed by atoms with Gasteiger partial charge < -0.3 is 19.4 Å². The number of carbonyl (C=O) groups excluding carboxylic acids is 1. The standard InChI is InChI=1S/C17H21N3O3S/c1-22-12-2-3-13-14(10-12)19-17(18-13)24-15-4-7-20(16(15)21)11-5-8-23-9-6-11/h2-3,10-11,15H,4-9H2,1H3,(H,18,19)/t15-/m0/s1. The third-order valence-corrected chi connectivity index (χ3v) is 5.88. The molecule has 1 aromatic heterocycles. The molecule has 4 rings (SSSR count). The highest BCUT2D eigenvalue weighted by Gasteiger charge is 2.37. The number of carbonyl (C=O) groups is 1. The molecule has 2 saturated heterocycles. The van der Waals surface area contributed by atoms with E-state index in [-0.39, 0.29) is 11.2 Å². The first-order valence-electron chi connectivity index (χ1n) is 8.33. The summed E-state index contributed by atoms with van der Waals surface area (Å²) in [7, 11) is 1.65. The monoisotopic (exact) mass is 347 g/mol. The van der Waals surface area contributed by atoms with Gasteiger partial charge in [-0.15, -0.1) is 0 Å². The van der Waals surface area contributed by atoms with Crippen molar-refractivity contribution in [3.63, 3.8) is 0 Å². The molecule has 0 bridgehead atoms. The quantitative estimate of drug-likeness (QED) is 0.920. The van der Waals surface area contributed by atoms with Crippen molar-refractivity contribution in [3.05, 3.63) is 18.2 Å². The lowest BCUT2D eigenvalue weighted by atomic mass is 10.1. The van der Waals surface area contributed by atoms with Gasteiger partial charge in [-0.05, 0) is 31.4 Å². The third-order valence-electron chi connectivity index (χ3n) is 4.74. The Morgan fingerprint density at radius 2 is 2.17 bits per heavy atom. The number of methoxy groups -OCH3 is 1. The third kappa shape index (κ3) is 2.98. The number of nitrogens with one attached hydrogen (secondary N) is 1. The molecule has 0 aliphatic carbocycles. The molecule has 2 aliphatic heterocycles. The van der Waals surface area contributed by atoms with E-state index in [1.165, 1.54) is 11.8 Å². The van der Waals surface area contributed by atoms with Crippen molar-refractivity contribution in [2.75, 3.05) is 26.9 Å². The van der Waals surface area contributed by atoms with Gasteiger partial charge in [-0.2, -0.15) is 0 Å². The minimum absolute atomic E-state index is 0.0460. The summed E-state index contributed by atoms with van der Waals surface area (Å²) < 4.78 is 10.6. The maximum absolute atomic E-state index is 12.7. The normalized spacial score (nSPS) is 22.5. The molecular formula is C17H21N3O3S. The average Bonchev–Trinajstić information content (AvgIpc) is 3.18. The number of rotatable bonds is 4. The number of aromatic amines is 1. The molecule has 2 aromatic rings. The van der Waals surface area contributed by atoms with Gasteiger partial charge in [-0.1, -0.05) is 11.8 Å². The summed E-state index contributed by atoms with van der Waals surface area (Å²) in [4.78, 5) is 22.7. The molecular weight excluding hydrogens is 326 g/mol. The number of benzene rings is 1. The van der Waals surface area contributed by atoms with Crippen LogP contribution in [0.2, 0.25) is 0 Å². The van der Waals surface area contributed by atoms with Crippen molar-refractivity contribution in [1.29, 1.82) is 0 Å². The number of thioether (sulfide) groups is 1. The molecule has 0 spiro atoms. The Bertz CT molecular complexity index is 742. The molecule has 0 saturated carbocycles. The number of nitrogens with zero attached hydrogens (tertiary/aromatic N) is 2. The molecule has 6 nitrogen and oxygen atoms in total. The van der Waals surface area contributed by atoms with Crippen LogP contribution in [-0.2, 0) is 9.53 Å². The first-order valence-corrected chi connectivity index (χ1v) is 9.21. The summed E-state index contributed by atoms with van der Waals surface area (Å²) in [6, 6.07) is 6.10. The van der Waals surface area contributed by atoms with E-state index in [1.807, 2.05) is 23.1 Å². The van der Waals surface area contributed by atoms with Gasteiger partial charge >= 0.3 is 0 Å². The van der Waals surface area contributed by atoms with Gasteiger partial charge in [0.25, 0.3) is 0 Å². The highest BCUT2D eigenvalue weighted by Crippen LogP contribution is 2.33. The van der Waals surface area contributed by atoms with Crippen LogP contribution in [0.5, 0.6) is 5.75 Å². The van der Waals surface area contributed by atoms with Crippen LogP contribution in [0.1, 0.15) is 19.3 Å². The number of imidazole rings is 1. The van der Waals surface area contributed by atoms with Gasteiger partial charge in [0, 0.05) is 31.9 Å². The number of hydrogen-bond acceptors (Lipinski definition) is 5. The van der Waals surface area contributed by atoms with E-state index in [2.05, 4.69) is 9.97 Å². The fraction of sp³-hybridized carbons (Fsp3) is 0.529. The van der Waals surface area contributed by atoms with Crippen LogP contribution in [0.15, 0.2) is 23.4 Å². The van der Waals surface area contributed by atoms with Crippen molar-refractivity contribution in [2.45, 2.75) is 35.7 Å². The lowest BCUT2D eigenvalue weighted by Crippen LogP contribution is -2.41. The summed E-state index contributed by atoms with van der Waals surface area (Å²) >= 11 is 1.54. The number of fused-ring (bicyclic) bond motifs is 1. The highest BCUT2D eigenvalue weighted by molar-refractivity contribution is 8.00. The zero-order chi connectivity index (χ0) is 16.5. The van der Waals surface area contributed by atoms with E-state index < -0.39 is 0 Å². The SMILES string of the molecule is COc1ccc2nc(S[C@H]3CCN(C4CCOCC4)C3=O)[nH]c2c1. The molecule has 24 heavy (non-hydrogen) atoms. The molecule has 3 heterocycles. The van der Waals surface area contributed by atoms with Crippen molar-refractivity contribution in [2.24, 2.45) is 0 Å². The highest BCUT2D eigenvalue weighted by atomic mass is 32.2. The van der Waals surface area contributed by atoms with Crippen LogP contribution in [0.25, 0.3) is 11.0 Å². The lowest BCUT2D eigenvalue weighted by Gasteiger charge is -2.31. The fourth-order valence-corrected chi connectivity index (χ4v) is 4.48. The number of aromatic nitrogens is 2. The van der Waals surface area contributed by atoms with Crippen LogP contribution in [0.4, 0.5) is 0 Å². The van der Waals surface area contributed by atoms with E-state index >= 15 is 0 Å². The van der Waals surface area contributed by atoms with Crippen LogP contribution >= 0.6 is 11.8 Å². The van der Waals surface area contributed by atoms with Crippen LogP contribution < -0.4 is 4.74 Å². The largest absolute Gasteiger partial charge is 0.497 e. The minimum atomic E-state index is -0.0460. The number of H-pyrrole nitrogens is 1. The second-order valence-electron chi connectivity index (χ2n) is 6.20. The first kappa shape index (κ1) is 15.8. The van der Waals surface area contributed by atoms with E-state index in [4.69, 9.17) is 9.47 Å². The van der Waals surface area contributed by atoms with E-state index in [1.54, 1.807) is 7.11 Å². The Hall–Kier alpha value is -1.73. The Balaban J connectivity index is 1.46. The molecule has 7 heteroatoms. The molecule has 1 amide bonds. The summed E-state index contributed by atoms with van der Waals surface area (Å²) in [5, 5.41) is 0.751. The molecule has 128 valence electrons. The predicted molar refractivity (Wildman–Crippen MR) is 92.5 cm³/mol. The summed E-state index contributed by atoms with van der Waals surface area (Å²) in [5.74, 6) is 1.04.